The van der Waals surface area contributed by atoms with Crippen molar-refractivity contribution < 1.29 is 22.7 Å². The summed E-state index contributed by atoms with van der Waals surface area (Å²) in [7, 11) is 0. The van der Waals surface area contributed by atoms with Crippen LogP contribution in [0, 0.1) is 6.92 Å². The third kappa shape index (κ3) is 5.05. The molecule has 1 heterocycles. The van der Waals surface area contributed by atoms with Crippen LogP contribution in [-0.2, 0) is 4.74 Å². The molecule has 0 bridgehead atoms. The number of aromatic nitrogens is 1. The van der Waals surface area contributed by atoms with Crippen molar-refractivity contribution in [3.05, 3.63) is 53.2 Å². The van der Waals surface area contributed by atoms with Crippen LogP contribution in [0.15, 0.2) is 36.5 Å². The molecule has 0 aliphatic rings. The van der Waals surface area contributed by atoms with Crippen molar-refractivity contribution in [3.63, 3.8) is 0 Å². The molecule has 2 rings (SSSR count). The molecule has 0 amide bonds. The second-order valence-corrected chi connectivity index (χ2v) is 7.09. The van der Waals surface area contributed by atoms with Gasteiger partial charge >= 0.3 is 12.1 Å². The van der Waals surface area contributed by atoms with Crippen molar-refractivity contribution in [1.82, 2.24) is 4.98 Å². The molecule has 4 nitrogen and oxygen atoms in total. The number of hydrogen-bond acceptors (Lipinski definition) is 4. The van der Waals surface area contributed by atoms with Gasteiger partial charge in [-0.3, -0.25) is 4.98 Å². The van der Waals surface area contributed by atoms with Crippen molar-refractivity contribution in [2.45, 2.75) is 45.5 Å². The monoisotopic (exact) mass is 366 g/mol. The minimum Gasteiger partial charge on any atom is -0.456 e. The van der Waals surface area contributed by atoms with Gasteiger partial charge < -0.3 is 10.5 Å². The van der Waals surface area contributed by atoms with Crippen LogP contribution in [0.1, 0.15) is 48.3 Å². The van der Waals surface area contributed by atoms with E-state index in [2.05, 4.69) is 4.98 Å². The number of hydrogen-bond donors (Lipinski definition) is 1. The number of benzene rings is 1. The zero-order valence-electron chi connectivity index (χ0n) is 15.0. The highest BCUT2D eigenvalue weighted by Gasteiger charge is 2.38. The van der Waals surface area contributed by atoms with Crippen LogP contribution in [-0.4, -0.2) is 22.7 Å². The summed E-state index contributed by atoms with van der Waals surface area (Å²) in [5.41, 5.74) is 6.05. The molecule has 0 spiro atoms. The Kier molecular flexibility index (Phi) is 5.41. The number of rotatable bonds is 3. The molecular weight excluding hydrogens is 345 g/mol. The summed E-state index contributed by atoms with van der Waals surface area (Å²) < 4.78 is 44.5. The molecule has 26 heavy (non-hydrogen) atoms. The average molecular weight is 366 g/mol. The smallest absolute Gasteiger partial charge is 0.407 e. The van der Waals surface area contributed by atoms with Gasteiger partial charge in [0.05, 0.1) is 11.3 Å². The zero-order chi connectivity index (χ0) is 19.7. The van der Waals surface area contributed by atoms with Gasteiger partial charge in [-0.25, -0.2) is 4.79 Å². The van der Waals surface area contributed by atoms with E-state index in [1.54, 1.807) is 39.1 Å². The maximum Gasteiger partial charge on any atom is 0.407 e. The Labute approximate surface area is 150 Å². The summed E-state index contributed by atoms with van der Waals surface area (Å²) in [6.07, 6.45) is -3.04. The van der Waals surface area contributed by atoms with E-state index < -0.39 is 23.8 Å². The summed E-state index contributed by atoms with van der Waals surface area (Å²) in [4.78, 5) is 16.6. The lowest BCUT2D eigenvalue weighted by atomic mass is 9.98. The Morgan fingerprint density at radius 1 is 1.15 bits per heavy atom. The lowest BCUT2D eigenvalue weighted by Gasteiger charge is -2.21. The summed E-state index contributed by atoms with van der Waals surface area (Å²) >= 11 is 0. The lowest BCUT2D eigenvalue weighted by molar-refractivity contribution is -0.149. The molecule has 1 aromatic heterocycles. The number of pyridine rings is 1. The van der Waals surface area contributed by atoms with Gasteiger partial charge in [0.15, 0.2) is 0 Å². The first-order valence-corrected chi connectivity index (χ1v) is 8.00. The summed E-state index contributed by atoms with van der Waals surface area (Å²) in [5, 5.41) is 0. The van der Waals surface area contributed by atoms with Gasteiger partial charge in [0, 0.05) is 11.8 Å². The molecule has 0 fully saturated rings. The second-order valence-electron chi connectivity index (χ2n) is 7.09. The highest BCUT2D eigenvalue weighted by molar-refractivity contribution is 5.91. The number of ether oxygens (including phenoxy) is 1. The molecule has 0 radical (unpaired) electrons. The van der Waals surface area contributed by atoms with Crippen LogP contribution in [0.3, 0.4) is 0 Å². The first kappa shape index (κ1) is 19.9. The predicted octanol–water partition coefficient (Wildman–Crippen LogP) is 4.57. The number of carbonyl (C=O) groups excluding carboxylic acids is 1. The molecule has 0 saturated heterocycles. The zero-order valence-corrected chi connectivity index (χ0v) is 15.0. The molecule has 2 aromatic rings. The Morgan fingerprint density at radius 3 is 2.31 bits per heavy atom. The van der Waals surface area contributed by atoms with Gasteiger partial charge in [0.25, 0.3) is 0 Å². The molecular formula is C19H21F3N2O2. The summed E-state index contributed by atoms with van der Waals surface area (Å²) in [6, 6.07) is 5.11. The van der Waals surface area contributed by atoms with E-state index in [0.29, 0.717) is 11.3 Å². The van der Waals surface area contributed by atoms with E-state index in [1.807, 2.05) is 6.92 Å². The number of esters is 1. The molecule has 140 valence electrons. The van der Waals surface area contributed by atoms with Gasteiger partial charge in [0.2, 0.25) is 0 Å². The van der Waals surface area contributed by atoms with E-state index in [9.17, 15) is 18.0 Å². The molecule has 0 aliphatic carbocycles. The Bertz CT molecular complexity index is 794. The Hall–Kier alpha value is -2.41. The average Bonchev–Trinajstić information content (AvgIpc) is 2.52. The normalized spacial score (nSPS) is 13.4. The fourth-order valence-electron chi connectivity index (χ4n) is 2.26. The molecule has 7 heteroatoms. The van der Waals surface area contributed by atoms with E-state index in [4.69, 9.17) is 10.5 Å². The minimum atomic E-state index is -4.63. The van der Waals surface area contributed by atoms with E-state index in [1.165, 1.54) is 12.1 Å². The van der Waals surface area contributed by atoms with Gasteiger partial charge in [0.1, 0.15) is 11.6 Å². The lowest BCUT2D eigenvalue weighted by Crippen LogP contribution is -2.29. The fourth-order valence-corrected chi connectivity index (χ4v) is 2.26. The SMILES string of the molecule is Cc1ccc(-c2cc(C(=O)OC(C)(C)C)cc(C(N)C(F)(F)F)c2)nc1. The highest BCUT2D eigenvalue weighted by Crippen LogP contribution is 2.33. The number of alkyl halides is 3. The molecule has 1 atom stereocenters. The second kappa shape index (κ2) is 7.07. The van der Waals surface area contributed by atoms with Crippen molar-refractivity contribution >= 4 is 5.97 Å². The van der Waals surface area contributed by atoms with Gasteiger partial charge in [-0.1, -0.05) is 6.07 Å². The number of halogens is 3. The highest BCUT2D eigenvalue weighted by atomic mass is 19.4. The molecule has 1 unspecified atom stereocenters. The molecule has 2 N–H and O–H groups in total. The summed E-state index contributed by atoms with van der Waals surface area (Å²) in [6.45, 7) is 6.88. The maximum absolute atomic E-state index is 13.1. The van der Waals surface area contributed by atoms with Gasteiger partial charge in [-0.05, 0) is 63.1 Å². The maximum atomic E-state index is 13.1. The number of nitrogens with two attached hydrogens (primary N) is 1. The largest absolute Gasteiger partial charge is 0.456 e. The van der Waals surface area contributed by atoms with E-state index in [0.717, 1.165) is 11.6 Å². The van der Waals surface area contributed by atoms with Crippen molar-refractivity contribution in [3.8, 4) is 11.3 Å². The fraction of sp³-hybridized carbons (Fsp3) is 0.368. The summed E-state index contributed by atoms with van der Waals surface area (Å²) in [5.74, 6) is -0.720. The van der Waals surface area contributed by atoms with Crippen molar-refractivity contribution in [2.75, 3.05) is 0 Å². The molecule has 0 saturated carbocycles. The minimum absolute atomic E-state index is 0.00509. The molecule has 1 aromatic carbocycles. The Morgan fingerprint density at radius 2 is 1.81 bits per heavy atom. The number of carbonyl (C=O) groups is 1. The number of nitrogens with zero attached hydrogens (tertiary/aromatic N) is 1. The Balaban J connectivity index is 2.55. The number of aryl methyl sites for hydroxylation is 1. The standard InChI is InChI=1S/C19H21F3N2O2/c1-11-5-6-15(24-10-11)12-7-13(16(23)19(20,21)22)9-14(8-12)17(25)26-18(2,3)4/h5-10,16H,23H2,1-4H3. The van der Waals surface area contributed by atoms with Crippen LogP contribution >= 0.6 is 0 Å². The van der Waals surface area contributed by atoms with Crippen LogP contribution in [0.5, 0.6) is 0 Å². The topological polar surface area (TPSA) is 65.2 Å². The van der Waals surface area contributed by atoms with E-state index in [-0.39, 0.29) is 11.1 Å². The van der Waals surface area contributed by atoms with E-state index >= 15 is 0 Å². The first-order valence-electron chi connectivity index (χ1n) is 8.00. The van der Waals surface area contributed by atoms with Crippen LogP contribution in [0.4, 0.5) is 13.2 Å². The van der Waals surface area contributed by atoms with Gasteiger partial charge in [-0.15, -0.1) is 0 Å². The quantitative estimate of drug-likeness (QED) is 0.808. The van der Waals surface area contributed by atoms with Gasteiger partial charge in [-0.2, -0.15) is 13.2 Å². The molecule has 0 aliphatic heterocycles. The third-order valence-electron chi connectivity index (χ3n) is 3.51. The van der Waals surface area contributed by atoms with Crippen molar-refractivity contribution in [1.29, 1.82) is 0 Å². The predicted molar refractivity (Wildman–Crippen MR) is 92.6 cm³/mol. The first-order chi connectivity index (χ1) is 11.9. The van der Waals surface area contributed by atoms with Crippen LogP contribution in [0.25, 0.3) is 11.3 Å². The third-order valence-corrected chi connectivity index (χ3v) is 3.51. The van der Waals surface area contributed by atoms with Crippen molar-refractivity contribution in [2.24, 2.45) is 5.73 Å². The van der Waals surface area contributed by atoms with Crippen LogP contribution < -0.4 is 5.73 Å². The van der Waals surface area contributed by atoms with Crippen LogP contribution in [0.2, 0.25) is 0 Å².